The van der Waals surface area contributed by atoms with Crippen molar-refractivity contribution in [3.05, 3.63) is 179 Å². The molecular weight excluding hydrogens is 1030 g/mol. The highest BCUT2D eigenvalue weighted by molar-refractivity contribution is 5.77. The van der Waals surface area contributed by atoms with Gasteiger partial charge in [0.2, 0.25) is 0 Å². The molecule has 4 heterocycles. The third kappa shape index (κ3) is 10.2. The summed E-state index contributed by atoms with van der Waals surface area (Å²) in [4.78, 5) is 10.7. The summed E-state index contributed by atoms with van der Waals surface area (Å²) >= 11 is 0. The minimum absolute atomic E-state index is 0.179. The van der Waals surface area contributed by atoms with Crippen molar-refractivity contribution in [2.24, 2.45) is 34.5 Å². The molecule has 3 spiro atoms. The number of fused-ring (bicyclic) bond motifs is 3. The minimum Gasteiger partial charge on any atom is -0.363 e. The Hall–Kier alpha value is -5.48. The first-order valence-corrected chi connectivity index (χ1v) is 34.2. The molecule has 6 aromatic rings. The first-order valence-electron chi connectivity index (χ1n) is 34.2. The fourth-order valence-corrected chi connectivity index (χ4v) is 21.2. The van der Waals surface area contributed by atoms with E-state index in [-0.39, 0.29) is 16.5 Å². The van der Waals surface area contributed by atoms with Crippen molar-refractivity contribution in [1.29, 1.82) is 0 Å². The third-order valence-electron chi connectivity index (χ3n) is 25.2. The maximum Gasteiger partial charge on any atom is 0.0452 e. The average Bonchev–Trinajstić information content (AvgIpc) is 1.68. The fourth-order valence-electron chi connectivity index (χ4n) is 21.2. The SMILES string of the molecule is Cc1ccccc1N1C(C)C2(CC1(C)C)C1CC3CC(C1)CC2C3.Cc1ccccc1N1C(C)C2(CCCCC2)CC1(C)C.Cc1ccccc1N1c2ccccc2C(C)(C)C1C.Cc1ccccc1N1c2ccccc2C2(CCCCC2)C1C. The molecule has 6 aliphatic carbocycles. The van der Waals surface area contributed by atoms with Crippen molar-refractivity contribution in [3.8, 4) is 0 Å². The van der Waals surface area contributed by atoms with Crippen molar-refractivity contribution in [1.82, 2.24) is 0 Å². The molecular formula is C81H108N4. The molecule has 16 rings (SSSR count). The molecule has 0 aromatic heterocycles. The number of hydrogen-bond donors (Lipinski definition) is 0. The van der Waals surface area contributed by atoms with Crippen LogP contribution in [0.3, 0.4) is 0 Å². The number of aryl methyl sites for hydroxylation is 4. The summed E-state index contributed by atoms with van der Waals surface area (Å²) < 4.78 is 0. The van der Waals surface area contributed by atoms with E-state index in [4.69, 9.17) is 0 Å². The van der Waals surface area contributed by atoms with Crippen LogP contribution in [0.25, 0.3) is 0 Å². The van der Waals surface area contributed by atoms with Gasteiger partial charge in [0, 0.05) is 80.2 Å². The van der Waals surface area contributed by atoms with Gasteiger partial charge in [-0.1, -0.05) is 162 Å². The molecule has 0 radical (unpaired) electrons. The van der Waals surface area contributed by atoms with E-state index in [9.17, 15) is 0 Å². The summed E-state index contributed by atoms with van der Waals surface area (Å²) in [6.45, 7) is 33.4. The van der Waals surface area contributed by atoms with Gasteiger partial charge in [0.25, 0.3) is 0 Å². The maximum atomic E-state index is 2.82. The van der Waals surface area contributed by atoms with Crippen molar-refractivity contribution in [2.45, 2.75) is 252 Å². The van der Waals surface area contributed by atoms with E-state index in [2.05, 4.69) is 262 Å². The van der Waals surface area contributed by atoms with Gasteiger partial charge < -0.3 is 19.6 Å². The van der Waals surface area contributed by atoms with Gasteiger partial charge in [0.15, 0.2) is 0 Å². The second-order valence-electron chi connectivity index (χ2n) is 31.1. The van der Waals surface area contributed by atoms with Crippen LogP contribution < -0.4 is 19.6 Å². The molecule has 85 heavy (non-hydrogen) atoms. The topological polar surface area (TPSA) is 13.0 Å². The van der Waals surface area contributed by atoms with Gasteiger partial charge in [-0.05, 0) is 258 Å². The fraction of sp³-hybridized carbons (Fsp3) is 0.556. The Labute approximate surface area is 516 Å². The van der Waals surface area contributed by atoms with Crippen LogP contribution in [0.2, 0.25) is 0 Å². The lowest BCUT2D eigenvalue weighted by molar-refractivity contribution is -0.113. The molecule has 4 heteroatoms. The molecule has 4 nitrogen and oxygen atoms in total. The summed E-state index contributed by atoms with van der Waals surface area (Å²) in [6.07, 6.45) is 24.5. The van der Waals surface area contributed by atoms with Gasteiger partial charge in [0.1, 0.15) is 0 Å². The number of benzene rings is 6. The van der Waals surface area contributed by atoms with Gasteiger partial charge in [-0.2, -0.15) is 0 Å². The van der Waals surface area contributed by atoms with Crippen molar-refractivity contribution >= 4 is 34.1 Å². The van der Waals surface area contributed by atoms with Crippen LogP contribution in [0.5, 0.6) is 0 Å². The zero-order chi connectivity index (χ0) is 59.8. The lowest BCUT2D eigenvalue weighted by Crippen LogP contribution is -2.57. The molecule has 4 bridgehead atoms. The third-order valence-corrected chi connectivity index (χ3v) is 25.2. The zero-order valence-electron chi connectivity index (χ0n) is 55.3. The predicted octanol–water partition coefficient (Wildman–Crippen LogP) is 21.7. The average molecular weight is 1140 g/mol. The molecule has 452 valence electrons. The number of hydrogen-bond acceptors (Lipinski definition) is 4. The van der Waals surface area contributed by atoms with Crippen molar-refractivity contribution < 1.29 is 0 Å². The van der Waals surface area contributed by atoms with Crippen LogP contribution in [0.4, 0.5) is 34.1 Å². The van der Waals surface area contributed by atoms with E-state index < -0.39 is 0 Å². The number of para-hydroxylation sites is 6. The van der Waals surface area contributed by atoms with Gasteiger partial charge in [-0.3, -0.25) is 0 Å². The van der Waals surface area contributed by atoms with E-state index >= 15 is 0 Å². The van der Waals surface area contributed by atoms with Crippen molar-refractivity contribution in [2.75, 3.05) is 19.6 Å². The van der Waals surface area contributed by atoms with Crippen LogP contribution in [-0.4, -0.2) is 35.2 Å². The second kappa shape index (κ2) is 22.9. The summed E-state index contributed by atoms with van der Waals surface area (Å²) in [5.41, 5.74) is 19.3. The number of rotatable bonds is 4. The molecule has 6 saturated carbocycles. The summed E-state index contributed by atoms with van der Waals surface area (Å²) in [7, 11) is 0. The summed E-state index contributed by atoms with van der Waals surface area (Å²) in [5, 5.41) is 0. The standard InChI is InChI=1S/C23H33N.C21H25N.C19H29N.C18H21N/c1-15-7-5-6-8-21(15)24-16(2)23(14-22(24,3)4)19-10-17-9-18(12-19)13-20(23)11-17;1-16-10-4-6-12-19(16)22-17(2)21(14-8-3-9-15-21)18-11-5-7-13-20(18)22;1-15-10-6-7-11-17(15)20-16(2)19(14-18(20,3)4)12-8-5-9-13-19;1-13-9-5-7-11-16(13)19-14(2)18(3,4)15-10-6-8-12-17(15)19/h5-8,16-20H,9-14H2,1-4H3;4-7,10-13,17H,3,8-9,14-15H2,1-2H3;6-7,10-11,16H,5,8-9,12-14H2,1-4H3;5-12,14H,1-4H3. The Bertz CT molecular complexity index is 3280. The highest BCUT2D eigenvalue weighted by Crippen LogP contribution is 2.70. The number of anilines is 6. The molecule has 2 saturated heterocycles. The minimum atomic E-state index is 0.179. The molecule has 8 fully saturated rings. The largest absolute Gasteiger partial charge is 0.363 e. The zero-order valence-corrected chi connectivity index (χ0v) is 55.3. The van der Waals surface area contributed by atoms with E-state index in [1.807, 2.05) is 0 Å². The van der Waals surface area contributed by atoms with Crippen LogP contribution in [0.15, 0.2) is 146 Å². The van der Waals surface area contributed by atoms with Crippen LogP contribution >= 0.6 is 0 Å². The lowest BCUT2D eigenvalue weighted by atomic mass is 9.43. The molecule has 10 aliphatic rings. The van der Waals surface area contributed by atoms with Crippen LogP contribution in [-0.2, 0) is 10.8 Å². The van der Waals surface area contributed by atoms with Gasteiger partial charge >= 0.3 is 0 Å². The molecule has 4 unspecified atom stereocenters. The van der Waals surface area contributed by atoms with Gasteiger partial charge in [-0.15, -0.1) is 0 Å². The Morgan fingerprint density at radius 3 is 1.18 bits per heavy atom. The molecule has 4 atom stereocenters. The van der Waals surface area contributed by atoms with E-state index in [1.54, 1.807) is 12.0 Å². The van der Waals surface area contributed by atoms with E-state index in [1.165, 1.54) is 165 Å². The summed E-state index contributed by atoms with van der Waals surface area (Å²) in [5.74, 6) is 4.14. The second-order valence-corrected chi connectivity index (χ2v) is 31.1. The smallest absolute Gasteiger partial charge is 0.0452 e. The highest BCUT2D eigenvalue weighted by Gasteiger charge is 2.66. The Morgan fingerprint density at radius 1 is 0.341 bits per heavy atom. The Kier molecular flexibility index (Phi) is 16.1. The Balaban J connectivity index is 0.000000112. The van der Waals surface area contributed by atoms with Gasteiger partial charge in [0.05, 0.1) is 0 Å². The molecule has 4 aliphatic heterocycles. The van der Waals surface area contributed by atoms with Crippen molar-refractivity contribution in [3.63, 3.8) is 0 Å². The first-order chi connectivity index (χ1) is 40.6. The quantitative estimate of drug-likeness (QED) is 0.174. The molecule has 0 amide bonds. The monoisotopic (exact) mass is 1140 g/mol. The highest BCUT2D eigenvalue weighted by atomic mass is 15.3. The lowest BCUT2D eigenvalue weighted by Gasteiger charge is -2.62. The van der Waals surface area contributed by atoms with E-state index in [0.717, 1.165) is 23.7 Å². The molecule has 0 N–H and O–H groups in total. The first kappa shape index (κ1) is 59.8. The van der Waals surface area contributed by atoms with Crippen LogP contribution in [0, 0.1) is 62.2 Å². The van der Waals surface area contributed by atoms with Crippen LogP contribution in [0.1, 0.15) is 212 Å². The van der Waals surface area contributed by atoms with Gasteiger partial charge in [-0.25, -0.2) is 0 Å². The normalized spacial score (nSPS) is 29.9. The predicted molar refractivity (Wildman–Crippen MR) is 365 cm³/mol. The van der Waals surface area contributed by atoms with E-state index in [0.29, 0.717) is 40.4 Å². The Morgan fingerprint density at radius 2 is 0.706 bits per heavy atom. The number of nitrogens with zero attached hydrogens (tertiary/aromatic N) is 4. The molecule has 6 aromatic carbocycles. The summed E-state index contributed by atoms with van der Waals surface area (Å²) in [6, 6.07) is 55.7. The maximum absolute atomic E-state index is 2.82.